The monoisotopic (exact) mass is 307 g/mol. The van der Waals surface area contributed by atoms with Crippen molar-refractivity contribution >= 4 is 17.6 Å². The van der Waals surface area contributed by atoms with Crippen LogP contribution in [0.2, 0.25) is 0 Å². The molecule has 0 radical (unpaired) electrons. The van der Waals surface area contributed by atoms with Gasteiger partial charge in [-0.2, -0.15) is 0 Å². The Hall–Kier alpha value is -2.11. The van der Waals surface area contributed by atoms with Gasteiger partial charge in [0.1, 0.15) is 11.9 Å². The predicted molar refractivity (Wildman–Crippen MR) is 83.0 cm³/mol. The highest BCUT2D eigenvalue weighted by molar-refractivity contribution is 5.96. The van der Waals surface area contributed by atoms with Gasteiger partial charge in [-0.05, 0) is 31.9 Å². The molecule has 3 amide bonds. The van der Waals surface area contributed by atoms with Crippen LogP contribution in [0.3, 0.4) is 0 Å². The summed E-state index contributed by atoms with van der Waals surface area (Å²) in [5.41, 5.74) is 0.105. The minimum absolute atomic E-state index is 0.105. The first-order valence-corrected chi connectivity index (χ1v) is 7.68. The summed E-state index contributed by atoms with van der Waals surface area (Å²) < 4.78 is 13.5. The van der Waals surface area contributed by atoms with Crippen LogP contribution >= 0.6 is 0 Å². The highest BCUT2D eigenvalue weighted by Crippen LogP contribution is 2.17. The van der Waals surface area contributed by atoms with Gasteiger partial charge in [0, 0.05) is 6.04 Å². The van der Waals surface area contributed by atoms with Crippen LogP contribution < -0.4 is 16.0 Å². The fourth-order valence-electron chi connectivity index (χ4n) is 2.54. The van der Waals surface area contributed by atoms with E-state index in [1.165, 1.54) is 18.6 Å². The SMILES string of the molecule is CC(NC(=O)NC1CCCCC1)C(=O)Nc1ccccc1F. The van der Waals surface area contributed by atoms with Crippen molar-refractivity contribution in [2.75, 3.05) is 5.32 Å². The van der Waals surface area contributed by atoms with E-state index in [1.54, 1.807) is 19.1 Å². The van der Waals surface area contributed by atoms with E-state index >= 15 is 0 Å². The van der Waals surface area contributed by atoms with Crippen molar-refractivity contribution in [2.24, 2.45) is 0 Å². The van der Waals surface area contributed by atoms with E-state index in [2.05, 4.69) is 16.0 Å². The number of hydrogen-bond acceptors (Lipinski definition) is 2. The van der Waals surface area contributed by atoms with Gasteiger partial charge in [0.25, 0.3) is 0 Å². The molecule has 0 bridgehead atoms. The predicted octanol–water partition coefficient (Wildman–Crippen LogP) is 2.78. The van der Waals surface area contributed by atoms with Gasteiger partial charge < -0.3 is 16.0 Å². The van der Waals surface area contributed by atoms with E-state index in [0.29, 0.717) is 0 Å². The van der Waals surface area contributed by atoms with Gasteiger partial charge in [0.2, 0.25) is 5.91 Å². The number of amides is 3. The largest absolute Gasteiger partial charge is 0.335 e. The molecule has 1 saturated carbocycles. The third-order valence-corrected chi connectivity index (χ3v) is 3.81. The van der Waals surface area contributed by atoms with E-state index in [0.717, 1.165) is 25.7 Å². The summed E-state index contributed by atoms with van der Waals surface area (Å²) in [6.07, 6.45) is 5.40. The number of urea groups is 1. The molecule has 1 aromatic carbocycles. The third kappa shape index (κ3) is 4.72. The van der Waals surface area contributed by atoms with Crippen LogP contribution in [0.4, 0.5) is 14.9 Å². The maximum Gasteiger partial charge on any atom is 0.315 e. The minimum Gasteiger partial charge on any atom is -0.335 e. The number of para-hydroxylation sites is 1. The molecule has 0 aromatic heterocycles. The van der Waals surface area contributed by atoms with Crippen LogP contribution in [0.5, 0.6) is 0 Å². The fourth-order valence-corrected chi connectivity index (χ4v) is 2.54. The van der Waals surface area contributed by atoms with Crippen LogP contribution in [0, 0.1) is 5.82 Å². The molecule has 22 heavy (non-hydrogen) atoms. The van der Waals surface area contributed by atoms with Crippen LogP contribution in [-0.2, 0) is 4.79 Å². The Morgan fingerprint density at radius 3 is 2.55 bits per heavy atom. The van der Waals surface area contributed by atoms with Gasteiger partial charge >= 0.3 is 6.03 Å². The number of anilines is 1. The van der Waals surface area contributed by atoms with E-state index < -0.39 is 17.8 Å². The van der Waals surface area contributed by atoms with E-state index in [1.807, 2.05) is 0 Å². The Morgan fingerprint density at radius 2 is 1.86 bits per heavy atom. The molecule has 1 unspecified atom stereocenters. The molecule has 1 aliphatic rings. The van der Waals surface area contributed by atoms with Crippen LogP contribution in [-0.4, -0.2) is 24.0 Å². The first-order chi connectivity index (χ1) is 10.6. The maximum absolute atomic E-state index is 13.5. The minimum atomic E-state index is -0.747. The molecule has 1 fully saturated rings. The van der Waals surface area contributed by atoms with Crippen LogP contribution in [0.1, 0.15) is 39.0 Å². The van der Waals surface area contributed by atoms with Crippen molar-refractivity contribution in [3.63, 3.8) is 0 Å². The highest BCUT2D eigenvalue weighted by atomic mass is 19.1. The lowest BCUT2D eigenvalue weighted by Gasteiger charge is -2.24. The lowest BCUT2D eigenvalue weighted by atomic mass is 9.96. The lowest BCUT2D eigenvalue weighted by molar-refractivity contribution is -0.117. The Morgan fingerprint density at radius 1 is 1.18 bits per heavy atom. The third-order valence-electron chi connectivity index (χ3n) is 3.81. The van der Waals surface area contributed by atoms with Gasteiger partial charge in [-0.15, -0.1) is 0 Å². The number of carbonyl (C=O) groups excluding carboxylic acids is 2. The van der Waals surface area contributed by atoms with Gasteiger partial charge in [-0.25, -0.2) is 9.18 Å². The first-order valence-electron chi connectivity index (χ1n) is 7.68. The van der Waals surface area contributed by atoms with Crippen molar-refractivity contribution in [3.8, 4) is 0 Å². The quantitative estimate of drug-likeness (QED) is 0.800. The van der Waals surface area contributed by atoms with Crippen LogP contribution in [0.25, 0.3) is 0 Å². The number of benzene rings is 1. The number of halogens is 1. The Kier molecular flexibility index (Phi) is 5.75. The lowest BCUT2D eigenvalue weighted by Crippen LogP contribution is -2.49. The average molecular weight is 307 g/mol. The summed E-state index contributed by atoms with van der Waals surface area (Å²) in [6, 6.07) is 4.99. The van der Waals surface area contributed by atoms with Gasteiger partial charge in [-0.3, -0.25) is 4.79 Å². The van der Waals surface area contributed by atoms with E-state index in [9.17, 15) is 14.0 Å². The van der Waals surface area contributed by atoms with Gasteiger partial charge in [0.15, 0.2) is 0 Å². The maximum atomic E-state index is 13.5. The molecule has 5 nitrogen and oxygen atoms in total. The molecule has 0 saturated heterocycles. The van der Waals surface area contributed by atoms with Crippen molar-refractivity contribution in [1.82, 2.24) is 10.6 Å². The zero-order valence-electron chi connectivity index (χ0n) is 12.7. The normalized spacial score (nSPS) is 16.6. The second kappa shape index (κ2) is 7.77. The molecule has 1 aliphatic carbocycles. The molecule has 1 atom stereocenters. The standard InChI is InChI=1S/C16H22FN3O2/c1-11(15(21)20-14-10-6-5-9-13(14)17)18-16(22)19-12-7-3-2-4-8-12/h5-6,9-12H,2-4,7-8H2,1H3,(H,20,21)(H2,18,19,22). The topological polar surface area (TPSA) is 70.2 Å². The summed E-state index contributed by atoms with van der Waals surface area (Å²) in [6.45, 7) is 1.57. The summed E-state index contributed by atoms with van der Waals surface area (Å²) in [4.78, 5) is 23.8. The summed E-state index contributed by atoms with van der Waals surface area (Å²) in [7, 11) is 0. The highest BCUT2D eigenvalue weighted by Gasteiger charge is 2.20. The Bertz CT molecular complexity index is 530. The summed E-state index contributed by atoms with van der Waals surface area (Å²) >= 11 is 0. The number of carbonyl (C=O) groups is 2. The molecule has 0 spiro atoms. The number of nitrogens with one attached hydrogen (secondary N) is 3. The second-order valence-corrected chi connectivity index (χ2v) is 5.64. The average Bonchev–Trinajstić information content (AvgIpc) is 2.50. The van der Waals surface area contributed by atoms with Crippen molar-refractivity contribution in [3.05, 3.63) is 30.1 Å². The molecular formula is C16H22FN3O2. The zero-order chi connectivity index (χ0) is 15.9. The molecule has 2 rings (SSSR count). The zero-order valence-corrected chi connectivity index (χ0v) is 12.7. The van der Waals surface area contributed by atoms with Crippen molar-refractivity contribution in [1.29, 1.82) is 0 Å². The molecule has 3 N–H and O–H groups in total. The van der Waals surface area contributed by atoms with Crippen molar-refractivity contribution < 1.29 is 14.0 Å². The summed E-state index contributed by atoms with van der Waals surface area (Å²) in [5, 5.41) is 7.92. The Labute approximate surface area is 129 Å². The molecule has 1 aromatic rings. The fraction of sp³-hybridized carbons (Fsp3) is 0.500. The molecule has 120 valence electrons. The van der Waals surface area contributed by atoms with Crippen molar-refractivity contribution in [2.45, 2.75) is 51.1 Å². The molecule has 0 aliphatic heterocycles. The second-order valence-electron chi connectivity index (χ2n) is 5.64. The summed E-state index contributed by atoms with van der Waals surface area (Å²) in [5.74, 6) is -0.960. The van der Waals surface area contributed by atoms with Gasteiger partial charge in [-0.1, -0.05) is 31.4 Å². The number of rotatable bonds is 4. The molecule has 0 heterocycles. The van der Waals surface area contributed by atoms with E-state index in [4.69, 9.17) is 0 Å². The first kappa shape index (κ1) is 16.3. The Balaban J connectivity index is 1.80. The van der Waals surface area contributed by atoms with Gasteiger partial charge in [0.05, 0.1) is 5.69 Å². The van der Waals surface area contributed by atoms with E-state index in [-0.39, 0.29) is 17.8 Å². The molecular weight excluding hydrogens is 285 g/mol. The van der Waals surface area contributed by atoms with Crippen LogP contribution in [0.15, 0.2) is 24.3 Å². The molecule has 6 heteroatoms. The smallest absolute Gasteiger partial charge is 0.315 e. The number of hydrogen-bond donors (Lipinski definition) is 3.